The Kier molecular flexibility index (Phi) is 3.43. The van der Waals surface area contributed by atoms with Gasteiger partial charge < -0.3 is 9.26 Å². The summed E-state index contributed by atoms with van der Waals surface area (Å²) in [6, 6.07) is 1.58. The molecule has 1 rings (SSSR count). The summed E-state index contributed by atoms with van der Waals surface area (Å²) in [5, 5.41) is 3.88. The molecule has 0 saturated carbocycles. The van der Waals surface area contributed by atoms with E-state index < -0.39 is 0 Å². The molecule has 4 nitrogen and oxygen atoms in total. The topological polar surface area (TPSA) is 52.3 Å². The van der Waals surface area contributed by atoms with Crippen molar-refractivity contribution < 1.29 is 14.1 Å². The number of alkyl halides is 1. The number of aromatic nitrogens is 1. The Hall–Kier alpha value is -0.680. The average Bonchev–Trinajstić information content (AvgIpc) is 2.52. The Morgan fingerprint density at radius 2 is 2.58 bits per heavy atom. The number of Topliss-reactive ketones (excluding diaryl/α,β-unsaturated/α-hetero) is 1. The lowest BCUT2D eigenvalue weighted by Crippen LogP contribution is -1.96. The molecule has 1 aromatic heterocycles. The summed E-state index contributed by atoms with van der Waals surface area (Å²) in [4.78, 5) is 11.0. The highest BCUT2D eigenvalue weighted by Crippen LogP contribution is 2.06. The van der Waals surface area contributed by atoms with Crippen molar-refractivity contribution in [1.82, 2.24) is 5.16 Å². The average molecular weight is 234 g/mol. The van der Waals surface area contributed by atoms with Gasteiger partial charge in [0.05, 0.1) is 11.9 Å². The van der Waals surface area contributed by atoms with E-state index in [2.05, 4.69) is 21.1 Å². The number of carbonyl (C=O) groups excluding carboxylic acids is 1. The zero-order chi connectivity index (χ0) is 8.97. The van der Waals surface area contributed by atoms with Crippen LogP contribution in [0.4, 0.5) is 0 Å². The van der Waals surface area contributed by atoms with Crippen molar-refractivity contribution in [1.29, 1.82) is 0 Å². The SMILES string of the molecule is COCc1cc(C(=O)CBr)on1. The highest BCUT2D eigenvalue weighted by molar-refractivity contribution is 9.09. The molecule has 0 unspecified atom stereocenters. The van der Waals surface area contributed by atoms with E-state index in [4.69, 9.17) is 9.26 Å². The van der Waals surface area contributed by atoms with Crippen molar-refractivity contribution in [2.45, 2.75) is 6.61 Å². The third-order valence-corrected chi connectivity index (χ3v) is 1.76. The molecule has 0 atom stereocenters. The minimum Gasteiger partial charge on any atom is -0.378 e. The van der Waals surface area contributed by atoms with Crippen LogP contribution in [-0.4, -0.2) is 23.4 Å². The monoisotopic (exact) mass is 233 g/mol. The summed E-state index contributed by atoms with van der Waals surface area (Å²) < 4.78 is 9.57. The smallest absolute Gasteiger partial charge is 0.211 e. The Balaban J connectivity index is 2.70. The maximum absolute atomic E-state index is 11.0. The van der Waals surface area contributed by atoms with Gasteiger partial charge in [-0.2, -0.15) is 0 Å². The summed E-state index contributed by atoms with van der Waals surface area (Å²) in [6.07, 6.45) is 0. The molecule has 0 amide bonds. The minimum atomic E-state index is -0.121. The van der Waals surface area contributed by atoms with Crippen molar-refractivity contribution in [3.63, 3.8) is 0 Å². The van der Waals surface area contributed by atoms with E-state index in [9.17, 15) is 4.79 Å². The molecule has 0 aliphatic heterocycles. The van der Waals surface area contributed by atoms with Gasteiger partial charge in [-0.25, -0.2) is 0 Å². The molecule has 1 heterocycles. The van der Waals surface area contributed by atoms with Crippen molar-refractivity contribution in [3.05, 3.63) is 17.5 Å². The Labute approximate surface area is 78.0 Å². The van der Waals surface area contributed by atoms with Gasteiger partial charge in [0, 0.05) is 13.2 Å². The van der Waals surface area contributed by atoms with Crippen LogP contribution in [0.3, 0.4) is 0 Å². The third-order valence-electron chi connectivity index (χ3n) is 1.25. The standard InChI is InChI=1S/C7H8BrNO3/c1-11-4-5-2-7(12-9-5)6(10)3-8/h2H,3-4H2,1H3. The maximum Gasteiger partial charge on any atom is 0.211 e. The third kappa shape index (κ3) is 2.15. The van der Waals surface area contributed by atoms with Crippen molar-refractivity contribution in [3.8, 4) is 0 Å². The van der Waals surface area contributed by atoms with Crippen LogP contribution in [-0.2, 0) is 11.3 Å². The number of rotatable bonds is 4. The van der Waals surface area contributed by atoms with Crippen LogP contribution in [0.1, 0.15) is 16.2 Å². The second-order valence-corrected chi connectivity index (χ2v) is 2.73. The highest BCUT2D eigenvalue weighted by atomic mass is 79.9. The fourth-order valence-electron chi connectivity index (χ4n) is 0.725. The van der Waals surface area contributed by atoms with Gasteiger partial charge in [-0.05, 0) is 0 Å². The van der Waals surface area contributed by atoms with Gasteiger partial charge >= 0.3 is 0 Å². The van der Waals surface area contributed by atoms with Gasteiger partial charge in [0.15, 0.2) is 0 Å². The number of ketones is 1. The van der Waals surface area contributed by atoms with Crippen LogP contribution in [0.5, 0.6) is 0 Å². The van der Waals surface area contributed by atoms with Gasteiger partial charge in [-0.1, -0.05) is 21.1 Å². The highest BCUT2D eigenvalue weighted by Gasteiger charge is 2.10. The lowest BCUT2D eigenvalue weighted by Gasteiger charge is -1.87. The number of nitrogens with zero attached hydrogens (tertiary/aromatic N) is 1. The van der Waals surface area contributed by atoms with E-state index in [1.807, 2.05) is 0 Å². The van der Waals surface area contributed by atoms with Crippen LogP contribution in [0.25, 0.3) is 0 Å². The number of carbonyl (C=O) groups is 1. The summed E-state index contributed by atoms with van der Waals surface area (Å²) in [5.74, 6) is 0.142. The number of hydrogen-bond donors (Lipinski definition) is 0. The van der Waals surface area contributed by atoms with Gasteiger partial charge in [-0.15, -0.1) is 0 Å². The molecule has 0 aromatic carbocycles. The van der Waals surface area contributed by atoms with Crippen LogP contribution in [0, 0.1) is 0 Å². The normalized spacial score (nSPS) is 10.2. The zero-order valence-electron chi connectivity index (χ0n) is 6.54. The predicted octanol–water partition coefficient (Wildman–Crippen LogP) is 1.40. The summed E-state index contributed by atoms with van der Waals surface area (Å²) >= 11 is 3.03. The minimum absolute atomic E-state index is 0.121. The molecule has 0 aliphatic carbocycles. The Bertz CT molecular complexity index is 271. The predicted molar refractivity (Wildman–Crippen MR) is 45.3 cm³/mol. The molecule has 0 radical (unpaired) electrons. The first-order valence-electron chi connectivity index (χ1n) is 3.31. The second-order valence-electron chi connectivity index (χ2n) is 2.17. The first-order valence-corrected chi connectivity index (χ1v) is 4.43. The second kappa shape index (κ2) is 4.37. The first kappa shape index (κ1) is 9.41. The lowest BCUT2D eigenvalue weighted by atomic mass is 10.3. The number of hydrogen-bond acceptors (Lipinski definition) is 4. The quantitative estimate of drug-likeness (QED) is 0.583. The number of halogens is 1. The fourth-order valence-corrected chi connectivity index (χ4v) is 1.00. The van der Waals surface area contributed by atoms with Gasteiger partial charge in [0.25, 0.3) is 0 Å². The molecule has 0 saturated heterocycles. The van der Waals surface area contributed by atoms with Crippen LogP contribution in [0.15, 0.2) is 10.6 Å². The molecule has 12 heavy (non-hydrogen) atoms. The molecule has 5 heteroatoms. The summed E-state index contributed by atoms with van der Waals surface area (Å²) in [7, 11) is 1.56. The van der Waals surface area contributed by atoms with E-state index in [1.165, 1.54) is 0 Å². The zero-order valence-corrected chi connectivity index (χ0v) is 8.13. The molecule has 0 spiro atoms. The molecule has 0 bridgehead atoms. The number of methoxy groups -OCH3 is 1. The van der Waals surface area contributed by atoms with Crippen LogP contribution < -0.4 is 0 Å². The first-order chi connectivity index (χ1) is 5.77. The molecule has 0 N–H and O–H groups in total. The van der Waals surface area contributed by atoms with Crippen molar-refractivity contribution >= 4 is 21.7 Å². The van der Waals surface area contributed by atoms with Gasteiger partial charge in [0.1, 0.15) is 5.69 Å². The van der Waals surface area contributed by atoms with Crippen LogP contribution in [0.2, 0.25) is 0 Å². The van der Waals surface area contributed by atoms with E-state index in [-0.39, 0.29) is 16.9 Å². The van der Waals surface area contributed by atoms with E-state index in [0.717, 1.165) is 0 Å². The molecule has 66 valence electrons. The fraction of sp³-hybridized carbons (Fsp3) is 0.429. The van der Waals surface area contributed by atoms with E-state index >= 15 is 0 Å². The molecule has 0 fully saturated rings. The maximum atomic E-state index is 11.0. The number of ether oxygens (including phenoxy) is 1. The molecule has 0 aliphatic rings. The summed E-state index contributed by atoms with van der Waals surface area (Å²) in [6.45, 7) is 0.360. The molecular weight excluding hydrogens is 226 g/mol. The Morgan fingerprint density at radius 3 is 3.17 bits per heavy atom. The van der Waals surface area contributed by atoms with Gasteiger partial charge in [-0.3, -0.25) is 4.79 Å². The summed E-state index contributed by atoms with van der Waals surface area (Å²) in [5.41, 5.74) is 0.627. The van der Waals surface area contributed by atoms with Crippen molar-refractivity contribution in [2.24, 2.45) is 0 Å². The molecular formula is C7H8BrNO3. The van der Waals surface area contributed by atoms with E-state index in [0.29, 0.717) is 12.3 Å². The van der Waals surface area contributed by atoms with Crippen molar-refractivity contribution in [2.75, 3.05) is 12.4 Å². The lowest BCUT2D eigenvalue weighted by molar-refractivity contribution is 0.0984. The van der Waals surface area contributed by atoms with Crippen LogP contribution >= 0.6 is 15.9 Å². The largest absolute Gasteiger partial charge is 0.378 e. The molecule has 1 aromatic rings. The van der Waals surface area contributed by atoms with Gasteiger partial charge in [0.2, 0.25) is 11.5 Å². The Morgan fingerprint density at radius 1 is 1.83 bits per heavy atom. The van der Waals surface area contributed by atoms with E-state index in [1.54, 1.807) is 13.2 Å².